The van der Waals surface area contributed by atoms with Gasteiger partial charge in [0.15, 0.2) is 0 Å². The van der Waals surface area contributed by atoms with Gasteiger partial charge in [-0.2, -0.15) is 0 Å². The molecule has 0 bridgehead atoms. The number of benzene rings is 3. The van der Waals surface area contributed by atoms with Crippen LogP contribution < -0.4 is 21.3 Å². The Morgan fingerprint density at radius 2 is 1.57 bits per heavy atom. The molecule has 0 spiro atoms. The van der Waals surface area contributed by atoms with Gasteiger partial charge in [-0.1, -0.05) is 60.7 Å². The first kappa shape index (κ1) is 30.1. The summed E-state index contributed by atoms with van der Waals surface area (Å²) in [6.45, 7) is 0.538. The Labute approximate surface area is 252 Å². The van der Waals surface area contributed by atoms with Gasteiger partial charge in [0.2, 0.25) is 17.6 Å². The van der Waals surface area contributed by atoms with E-state index < -0.39 is 47.3 Å². The second-order valence-electron chi connectivity index (χ2n) is 10.7. The van der Waals surface area contributed by atoms with E-state index in [-0.39, 0.29) is 31.0 Å². The number of Topliss-reactive ketones (excluding diaryl/α,β-unsaturated/α-hetero) is 1. The number of carbonyl (C=O) groups is 5. The number of hydrogen-bond donors (Lipinski definition) is 5. The number of aromatic nitrogens is 1. The summed E-state index contributed by atoms with van der Waals surface area (Å²) >= 11 is 0. The van der Waals surface area contributed by atoms with Crippen molar-refractivity contribution in [3.63, 3.8) is 0 Å². The molecule has 2 heterocycles. The summed E-state index contributed by atoms with van der Waals surface area (Å²) in [4.78, 5) is 68.5. The number of fused-ring (bicyclic) bond motifs is 1. The van der Waals surface area contributed by atoms with Gasteiger partial charge in [-0.25, -0.2) is 4.39 Å². The van der Waals surface area contributed by atoms with Crippen LogP contribution in [-0.2, 0) is 32.1 Å². The number of ketones is 1. The molecule has 4 amide bonds. The molecule has 226 valence electrons. The lowest BCUT2D eigenvalue weighted by molar-refractivity contribution is -0.141. The maximum Gasteiger partial charge on any atom is 0.289 e. The summed E-state index contributed by atoms with van der Waals surface area (Å²) in [5.41, 5.74) is 2.06. The predicted molar refractivity (Wildman–Crippen MR) is 161 cm³/mol. The first-order valence-corrected chi connectivity index (χ1v) is 14.3. The Kier molecular flexibility index (Phi) is 9.43. The minimum absolute atomic E-state index is 0.0747. The molecular weight excluding hydrogens is 565 g/mol. The Bertz CT molecular complexity index is 1670. The van der Waals surface area contributed by atoms with E-state index in [2.05, 4.69) is 26.3 Å². The number of aromatic amines is 1. The van der Waals surface area contributed by atoms with Crippen LogP contribution in [0, 0.1) is 11.7 Å². The van der Waals surface area contributed by atoms with E-state index >= 15 is 0 Å². The standard InChI is InChI=1S/C33H32FN5O5/c34-24-12-11-22-16-28(37-25(22)18-24)32(43)39-27(15-20-7-3-1-4-8-20)31(42)38-26(17-23-13-14-35-30(23)41)29(40)33(44)36-19-21-9-5-2-6-10-21/h1-12,16,18,23,26-27,37H,13-15,17,19H2,(H,35,41)(H,36,44)(H,38,42)(H,39,43)/t23-,26-,27-/m0/s1. The molecule has 3 aromatic carbocycles. The van der Waals surface area contributed by atoms with Crippen LogP contribution >= 0.6 is 0 Å². The van der Waals surface area contributed by atoms with Crippen molar-refractivity contribution in [3.05, 3.63) is 108 Å². The molecule has 5 rings (SSSR count). The normalized spacial score (nSPS) is 15.7. The molecule has 3 atom stereocenters. The average Bonchev–Trinajstić information content (AvgIpc) is 3.65. The Hall–Kier alpha value is -5.32. The van der Waals surface area contributed by atoms with Gasteiger partial charge in [-0.3, -0.25) is 24.0 Å². The van der Waals surface area contributed by atoms with Crippen LogP contribution in [0.25, 0.3) is 10.9 Å². The monoisotopic (exact) mass is 597 g/mol. The maximum atomic E-state index is 13.7. The smallest absolute Gasteiger partial charge is 0.289 e. The Morgan fingerprint density at radius 3 is 2.25 bits per heavy atom. The van der Waals surface area contributed by atoms with E-state index in [9.17, 15) is 28.4 Å². The lowest BCUT2D eigenvalue weighted by Crippen LogP contribution is -2.55. The molecule has 1 aliphatic rings. The van der Waals surface area contributed by atoms with Crippen LogP contribution in [0.5, 0.6) is 0 Å². The molecule has 0 saturated carbocycles. The molecule has 1 saturated heterocycles. The van der Waals surface area contributed by atoms with Crippen molar-refractivity contribution in [1.82, 2.24) is 26.3 Å². The molecule has 10 nitrogen and oxygen atoms in total. The van der Waals surface area contributed by atoms with E-state index in [1.165, 1.54) is 18.2 Å². The number of H-pyrrole nitrogens is 1. The summed E-state index contributed by atoms with van der Waals surface area (Å²) < 4.78 is 13.7. The molecule has 1 aromatic heterocycles. The molecule has 1 fully saturated rings. The van der Waals surface area contributed by atoms with Crippen molar-refractivity contribution in [2.75, 3.05) is 6.54 Å². The number of hydrogen-bond acceptors (Lipinski definition) is 5. The lowest BCUT2D eigenvalue weighted by atomic mass is 9.94. The molecule has 0 aliphatic carbocycles. The number of carbonyl (C=O) groups excluding carboxylic acids is 5. The third-order valence-electron chi connectivity index (χ3n) is 7.57. The fourth-order valence-corrected chi connectivity index (χ4v) is 5.20. The second kappa shape index (κ2) is 13.8. The van der Waals surface area contributed by atoms with Crippen molar-refractivity contribution >= 4 is 40.3 Å². The van der Waals surface area contributed by atoms with Crippen LogP contribution in [0.4, 0.5) is 4.39 Å². The SMILES string of the molecule is O=C(NCc1ccccc1)C(=O)[C@H](C[C@@H]1CCNC1=O)NC(=O)[C@H](Cc1ccccc1)NC(=O)c1cc2ccc(F)cc2[nH]1. The van der Waals surface area contributed by atoms with Crippen molar-refractivity contribution in [3.8, 4) is 0 Å². The summed E-state index contributed by atoms with van der Waals surface area (Å²) in [6.07, 6.45) is 0.461. The van der Waals surface area contributed by atoms with Crippen molar-refractivity contribution in [2.45, 2.75) is 37.9 Å². The van der Waals surface area contributed by atoms with Gasteiger partial charge in [0.1, 0.15) is 17.6 Å². The molecule has 11 heteroatoms. The number of nitrogens with one attached hydrogen (secondary N) is 5. The minimum atomic E-state index is -1.31. The van der Waals surface area contributed by atoms with Crippen LogP contribution in [0.3, 0.4) is 0 Å². The summed E-state index contributed by atoms with van der Waals surface area (Å²) in [7, 11) is 0. The van der Waals surface area contributed by atoms with E-state index in [0.717, 1.165) is 11.1 Å². The fourth-order valence-electron chi connectivity index (χ4n) is 5.20. The zero-order valence-corrected chi connectivity index (χ0v) is 23.8. The maximum absolute atomic E-state index is 13.7. The lowest BCUT2D eigenvalue weighted by Gasteiger charge is -2.24. The highest BCUT2D eigenvalue weighted by Crippen LogP contribution is 2.19. The van der Waals surface area contributed by atoms with Crippen molar-refractivity contribution < 1.29 is 28.4 Å². The molecule has 1 aliphatic heterocycles. The van der Waals surface area contributed by atoms with Gasteiger partial charge in [0.05, 0.1) is 6.04 Å². The van der Waals surface area contributed by atoms with Crippen LogP contribution in [0.2, 0.25) is 0 Å². The molecule has 44 heavy (non-hydrogen) atoms. The average molecular weight is 598 g/mol. The Balaban J connectivity index is 1.35. The molecular formula is C33H32FN5O5. The third-order valence-corrected chi connectivity index (χ3v) is 7.57. The van der Waals surface area contributed by atoms with Crippen molar-refractivity contribution in [1.29, 1.82) is 0 Å². The van der Waals surface area contributed by atoms with E-state index in [1.807, 2.05) is 12.1 Å². The zero-order valence-electron chi connectivity index (χ0n) is 23.8. The molecule has 0 radical (unpaired) electrons. The van der Waals surface area contributed by atoms with Gasteiger partial charge < -0.3 is 26.3 Å². The Morgan fingerprint density at radius 1 is 0.864 bits per heavy atom. The predicted octanol–water partition coefficient (Wildman–Crippen LogP) is 2.54. The molecule has 4 aromatic rings. The molecule has 0 unspecified atom stereocenters. The van der Waals surface area contributed by atoms with Gasteiger partial charge in [0, 0.05) is 36.3 Å². The summed E-state index contributed by atoms with van der Waals surface area (Å²) in [5, 5.41) is 11.3. The second-order valence-corrected chi connectivity index (χ2v) is 10.7. The van der Waals surface area contributed by atoms with E-state index in [4.69, 9.17) is 0 Å². The van der Waals surface area contributed by atoms with Gasteiger partial charge in [-0.15, -0.1) is 0 Å². The summed E-state index contributed by atoms with van der Waals surface area (Å²) in [5.74, 6) is -4.39. The van der Waals surface area contributed by atoms with Gasteiger partial charge in [-0.05, 0) is 48.2 Å². The van der Waals surface area contributed by atoms with Crippen LogP contribution in [0.15, 0.2) is 84.9 Å². The highest BCUT2D eigenvalue weighted by Gasteiger charge is 2.35. The van der Waals surface area contributed by atoms with Crippen LogP contribution in [0.1, 0.15) is 34.5 Å². The number of halogens is 1. The first-order valence-electron chi connectivity index (χ1n) is 14.3. The van der Waals surface area contributed by atoms with Gasteiger partial charge >= 0.3 is 0 Å². The number of amides is 4. The van der Waals surface area contributed by atoms with Crippen molar-refractivity contribution in [2.24, 2.45) is 5.92 Å². The third kappa shape index (κ3) is 7.54. The fraction of sp³-hybridized carbons (Fsp3) is 0.242. The summed E-state index contributed by atoms with van der Waals surface area (Å²) in [6, 6.07) is 21.2. The quantitative estimate of drug-likeness (QED) is 0.159. The largest absolute Gasteiger partial charge is 0.356 e. The topological polar surface area (TPSA) is 149 Å². The van der Waals surface area contributed by atoms with Crippen LogP contribution in [-0.4, -0.2) is 53.0 Å². The molecule has 5 N–H and O–H groups in total. The van der Waals surface area contributed by atoms with E-state index in [0.29, 0.717) is 23.9 Å². The van der Waals surface area contributed by atoms with E-state index in [1.54, 1.807) is 54.6 Å². The first-order chi connectivity index (χ1) is 21.3. The zero-order chi connectivity index (χ0) is 31.1. The number of rotatable bonds is 12. The minimum Gasteiger partial charge on any atom is -0.356 e. The van der Waals surface area contributed by atoms with Gasteiger partial charge in [0.25, 0.3) is 11.8 Å². The highest BCUT2D eigenvalue weighted by atomic mass is 19.1. The highest BCUT2D eigenvalue weighted by molar-refractivity contribution is 6.38.